The summed E-state index contributed by atoms with van der Waals surface area (Å²) in [4.78, 5) is 16.3. The Morgan fingerprint density at radius 1 is 0.914 bits per heavy atom. The average molecular weight is 472 g/mol. The van der Waals surface area contributed by atoms with E-state index >= 15 is 0 Å². The van der Waals surface area contributed by atoms with Gasteiger partial charge in [0.05, 0.1) is 0 Å². The number of phenols is 2. The van der Waals surface area contributed by atoms with E-state index < -0.39 is 5.91 Å². The van der Waals surface area contributed by atoms with Crippen LogP contribution in [0.3, 0.4) is 0 Å². The molecule has 1 aromatic heterocycles. The van der Waals surface area contributed by atoms with E-state index in [0.29, 0.717) is 5.56 Å². The highest BCUT2D eigenvalue weighted by Crippen LogP contribution is 2.24. The van der Waals surface area contributed by atoms with Crippen molar-refractivity contribution in [3.63, 3.8) is 0 Å². The van der Waals surface area contributed by atoms with Crippen molar-refractivity contribution in [3.8, 4) is 17.6 Å². The molecule has 3 aromatic rings. The summed E-state index contributed by atoms with van der Waals surface area (Å²) in [5.41, 5.74) is 3.32. The summed E-state index contributed by atoms with van der Waals surface area (Å²) < 4.78 is 0. The van der Waals surface area contributed by atoms with Crippen LogP contribution in [0, 0.1) is 11.3 Å². The molecule has 0 fully saturated rings. The summed E-state index contributed by atoms with van der Waals surface area (Å²) >= 11 is 0. The van der Waals surface area contributed by atoms with E-state index in [1.54, 1.807) is 18.5 Å². The van der Waals surface area contributed by atoms with Gasteiger partial charge in [0.2, 0.25) is 0 Å². The summed E-state index contributed by atoms with van der Waals surface area (Å²) in [7, 11) is 0. The number of rotatable bonds is 6. The lowest BCUT2D eigenvalue weighted by Crippen LogP contribution is -2.23. The van der Waals surface area contributed by atoms with E-state index in [2.05, 4.69) is 24.1 Å². The molecule has 35 heavy (non-hydrogen) atoms. The molecule has 1 amide bonds. The first-order valence-electron chi connectivity index (χ1n) is 11.6. The van der Waals surface area contributed by atoms with Gasteiger partial charge in [-0.25, -0.2) is 0 Å². The fraction of sp³-hybridized carbons (Fsp3) is 0.207. The molecule has 0 atom stereocenters. The zero-order valence-electron chi connectivity index (χ0n) is 20.7. The Bertz CT molecular complexity index is 1150. The van der Waals surface area contributed by atoms with Crippen LogP contribution in [0.5, 0.6) is 11.5 Å². The Kier molecular flexibility index (Phi) is 13.3. The molecule has 6 nitrogen and oxygen atoms in total. The van der Waals surface area contributed by atoms with Crippen molar-refractivity contribution in [2.45, 2.75) is 40.7 Å². The fourth-order valence-electron chi connectivity index (χ4n) is 2.64. The minimum absolute atomic E-state index is 0.0296. The predicted molar refractivity (Wildman–Crippen MR) is 142 cm³/mol. The Morgan fingerprint density at radius 2 is 1.46 bits per heavy atom. The smallest absolute Gasteiger partial charge is 0.262 e. The lowest BCUT2D eigenvalue weighted by Gasteiger charge is -2.06. The van der Waals surface area contributed by atoms with Gasteiger partial charge in [-0.15, -0.1) is 0 Å². The molecule has 1 heterocycles. The van der Waals surface area contributed by atoms with Gasteiger partial charge in [-0.2, -0.15) is 5.26 Å². The highest BCUT2D eigenvalue weighted by molar-refractivity contribution is 6.01. The molecule has 6 heteroatoms. The van der Waals surface area contributed by atoms with E-state index in [9.17, 15) is 20.3 Å². The van der Waals surface area contributed by atoms with E-state index in [-0.39, 0.29) is 23.6 Å². The number of aromatic nitrogens is 1. The van der Waals surface area contributed by atoms with E-state index in [1.165, 1.54) is 24.6 Å². The predicted octanol–water partition coefficient (Wildman–Crippen LogP) is 6.33. The van der Waals surface area contributed by atoms with Crippen LogP contribution >= 0.6 is 0 Å². The van der Waals surface area contributed by atoms with Crippen molar-refractivity contribution in [2.75, 3.05) is 0 Å². The van der Waals surface area contributed by atoms with Crippen LogP contribution in [-0.2, 0) is 11.3 Å². The standard InChI is InChI=1S/C24H19N3O3.C3H8.C2H6/c25-15-21(24(30)27-16-20-7-8-22(28)23(29)14-20)13-19-5-3-17(4-6-19)1-2-18-9-11-26-12-10-18;1-3-2;1-2/h1-14,28-29H,16H2,(H,27,30);3H2,1-2H3;1-2H3/b2-1+,21-13+;;. The maximum absolute atomic E-state index is 12.3. The maximum atomic E-state index is 12.3. The van der Waals surface area contributed by atoms with Crippen molar-refractivity contribution in [3.05, 3.63) is 94.8 Å². The Balaban J connectivity index is 0.00000114. The molecule has 0 spiro atoms. The molecule has 2 aromatic carbocycles. The van der Waals surface area contributed by atoms with Gasteiger partial charge in [0, 0.05) is 18.9 Å². The second kappa shape index (κ2) is 16.3. The number of amides is 1. The van der Waals surface area contributed by atoms with Crippen molar-refractivity contribution >= 4 is 24.1 Å². The number of hydrogen-bond donors (Lipinski definition) is 3. The first-order chi connectivity index (χ1) is 17.0. The lowest BCUT2D eigenvalue weighted by molar-refractivity contribution is -0.117. The molecule has 0 saturated carbocycles. The zero-order valence-corrected chi connectivity index (χ0v) is 20.7. The van der Waals surface area contributed by atoms with Crippen LogP contribution in [0.2, 0.25) is 0 Å². The van der Waals surface area contributed by atoms with Gasteiger partial charge in [-0.3, -0.25) is 9.78 Å². The highest BCUT2D eigenvalue weighted by atomic mass is 16.3. The number of nitrogens with zero attached hydrogens (tertiary/aromatic N) is 2. The summed E-state index contributed by atoms with van der Waals surface area (Å²) in [5.74, 6) is -1.02. The van der Waals surface area contributed by atoms with Crippen LogP contribution in [-0.4, -0.2) is 21.1 Å². The molecule has 0 aliphatic carbocycles. The monoisotopic (exact) mass is 471 g/mol. The van der Waals surface area contributed by atoms with Crippen LogP contribution in [0.4, 0.5) is 0 Å². The number of carbonyl (C=O) groups is 1. The molecule has 0 radical (unpaired) electrons. The Labute approximate surface area is 207 Å². The molecular weight excluding hydrogens is 438 g/mol. The topological polar surface area (TPSA) is 106 Å². The van der Waals surface area contributed by atoms with E-state index in [1.807, 2.05) is 68.5 Å². The molecule has 0 unspecified atom stereocenters. The van der Waals surface area contributed by atoms with Crippen LogP contribution in [0.1, 0.15) is 56.4 Å². The Hall–Kier alpha value is -4.37. The largest absolute Gasteiger partial charge is 0.504 e. The average Bonchev–Trinajstić information content (AvgIpc) is 2.89. The summed E-state index contributed by atoms with van der Waals surface area (Å²) in [6, 6.07) is 17.4. The second-order valence-electron chi connectivity index (χ2n) is 7.16. The second-order valence-corrected chi connectivity index (χ2v) is 7.16. The molecule has 0 aliphatic rings. The van der Waals surface area contributed by atoms with Gasteiger partial charge in [-0.05, 0) is 52.6 Å². The van der Waals surface area contributed by atoms with Crippen molar-refractivity contribution in [1.29, 1.82) is 5.26 Å². The number of aromatic hydroxyl groups is 2. The third kappa shape index (κ3) is 10.4. The molecule has 0 aliphatic heterocycles. The molecule has 3 rings (SSSR count). The first kappa shape index (κ1) is 28.7. The third-order valence-corrected chi connectivity index (χ3v) is 4.28. The summed E-state index contributed by atoms with van der Waals surface area (Å²) in [5, 5.41) is 30.8. The third-order valence-electron chi connectivity index (χ3n) is 4.28. The van der Waals surface area contributed by atoms with Crippen LogP contribution in [0.25, 0.3) is 18.2 Å². The van der Waals surface area contributed by atoms with Crippen molar-refractivity contribution in [2.24, 2.45) is 0 Å². The van der Waals surface area contributed by atoms with Gasteiger partial charge in [0.15, 0.2) is 11.5 Å². The first-order valence-corrected chi connectivity index (χ1v) is 11.6. The van der Waals surface area contributed by atoms with E-state index in [4.69, 9.17) is 0 Å². The summed E-state index contributed by atoms with van der Waals surface area (Å²) in [6.07, 6.45) is 10.2. The number of hydrogen-bond acceptors (Lipinski definition) is 5. The van der Waals surface area contributed by atoms with Gasteiger partial charge in [-0.1, -0.05) is 76.6 Å². The van der Waals surface area contributed by atoms with Crippen LogP contribution in [0.15, 0.2) is 72.6 Å². The zero-order chi connectivity index (χ0) is 26.1. The lowest BCUT2D eigenvalue weighted by atomic mass is 10.1. The number of nitriles is 1. The fourth-order valence-corrected chi connectivity index (χ4v) is 2.64. The van der Waals surface area contributed by atoms with Gasteiger partial charge >= 0.3 is 0 Å². The van der Waals surface area contributed by atoms with Crippen molar-refractivity contribution < 1.29 is 15.0 Å². The van der Waals surface area contributed by atoms with Crippen molar-refractivity contribution in [1.82, 2.24) is 10.3 Å². The SMILES string of the molecule is CC.CCC.N#C/C(=C\c1ccc(/C=C/c2ccncc2)cc1)C(=O)NCc1ccc(O)c(O)c1. The minimum atomic E-state index is -0.522. The van der Waals surface area contributed by atoms with Gasteiger partial charge in [0.25, 0.3) is 5.91 Å². The molecule has 0 saturated heterocycles. The molecule has 182 valence electrons. The van der Waals surface area contributed by atoms with Crippen LogP contribution < -0.4 is 5.32 Å². The molecular formula is C29H33N3O3. The number of benzene rings is 2. The quantitative estimate of drug-likeness (QED) is 0.221. The normalized spacial score (nSPS) is 10.3. The number of pyridine rings is 1. The molecule has 3 N–H and O–H groups in total. The Morgan fingerprint density at radius 3 is 2.00 bits per heavy atom. The molecule has 0 bridgehead atoms. The van der Waals surface area contributed by atoms with E-state index in [0.717, 1.165) is 16.7 Å². The maximum Gasteiger partial charge on any atom is 0.262 e. The minimum Gasteiger partial charge on any atom is -0.504 e. The van der Waals surface area contributed by atoms with Gasteiger partial charge in [0.1, 0.15) is 11.6 Å². The number of carbonyl (C=O) groups excluding carboxylic acids is 1. The van der Waals surface area contributed by atoms with Gasteiger partial charge < -0.3 is 15.5 Å². The number of phenolic OH excluding ortho intramolecular Hbond substituents is 2. The number of nitrogens with one attached hydrogen (secondary N) is 1. The summed E-state index contributed by atoms with van der Waals surface area (Å²) in [6.45, 7) is 8.37. The highest BCUT2D eigenvalue weighted by Gasteiger charge is 2.09.